The Balaban J connectivity index is 2.53. The Morgan fingerprint density at radius 1 is 1.23 bits per heavy atom. The van der Waals surface area contributed by atoms with Gasteiger partial charge >= 0.3 is 0 Å². The molecule has 1 saturated carbocycles. The van der Waals surface area contributed by atoms with Crippen LogP contribution in [-0.2, 0) is 13.8 Å². The van der Waals surface area contributed by atoms with Crippen LogP contribution in [0, 0.1) is 0 Å². The van der Waals surface area contributed by atoms with E-state index in [1.807, 2.05) is 0 Å². The number of halogens is 1. The summed E-state index contributed by atoms with van der Waals surface area (Å²) in [5, 5.41) is -0.465. The molecule has 0 bridgehead atoms. The molecule has 1 rings (SSSR count). The van der Waals surface area contributed by atoms with E-state index in [0.29, 0.717) is 25.7 Å². The molecule has 0 aromatic heterocycles. The van der Waals surface area contributed by atoms with Gasteiger partial charge in [-0.05, 0) is 25.7 Å². The van der Waals surface area contributed by atoms with Crippen LogP contribution in [0.5, 0.6) is 0 Å². The quantitative estimate of drug-likeness (QED) is 0.402. The first-order valence-electron chi connectivity index (χ1n) is 4.04. The second kappa shape index (κ2) is 4.22. The lowest BCUT2D eigenvalue weighted by molar-refractivity contribution is 0.436. The van der Waals surface area contributed by atoms with Crippen molar-refractivity contribution in [2.75, 3.05) is 0 Å². The fourth-order valence-corrected chi connectivity index (χ4v) is 2.90. The van der Waals surface area contributed by atoms with Gasteiger partial charge in [-0.3, -0.25) is 0 Å². The molecule has 0 saturated heterocycles. The van der Waals surface area contributed by atoms with E-state index < -0.39 is 14.3 Å². The fourth-order valence-electron chi connectivity index (χ4n) is 1.53. The molecular formula is C7H10ClNO3S. The van der Waals surface area contributed by atoms with Crippen molar-refractivity contribution in [2.24, 2.45) is 4.99 Å². The molecule has 1 aliphatic carbocycles. The van der Waals surface area contributed by atoms with E-state index in [-0.39, 0.29) is 6.04 Å². The van der Waals surface area contributed by atoms with Crippen molar-refractivity contribution in [1.82, 2.24) is 0 Å². The van der Waals surface area contributed by atoms with Gasteiger partial charge in [-0.1, -0.05) is 0 Å². The Bertz CT molecular complexity index is 313. The van der Waals surface area contributed by atoms with Crippen molar-refractivity contribution in [2.45, 2.75) is 37.0 Å². The predicted octanol–water partition coefficient (Wildman–Crippen LogP) is 1.20. The lowest BCUT2D eigenvalue weighted by Gasteiger charge is -2.22. The van der Waals surface area contributed by atoms with Crippen LogP contribution in [0.1, 0.15) is 25.7 Å². The molecule has 74 valence electrons. The monoisotopic (exact) mass is 223 g/mol. The van der Waals surface area contributed by atoms with Gasteiger partial charge in [-0.25, -0.2) is 18.2 Å². The zero-order valence-corrected chi connectivity index (χ0v) is 8.51. The number of rotatable bonds is 2. The summed E-state index contributed by atoms with van der Waals surface area (Å²) in [4.78, 5) is 13.5. The van der Waals surface area contributed by atoms with E-state index in [1.54, 1.807) is 0 Å². The molecule has 1 aliphatic rings. The zero-order valence-electron chi connectivity index (χ0n) is 6.94. The van der Waals surface area contributed by atoms with Crippen LogP contribution >= 0.6 is 10.7 Å². The molecule has 0 aromatic carbocycles. The van der Waals surface area contributed by atoms with Gasteiger partial charge in [0.2, 0.25) is 15.1 Å². The minimum absolute atomic E-state index is 0.0628. The maximum atomic E-state index is 10.9. The van der Waals surface area contributed by atoms with E-state index in [2.05, 4.69) is 4.99 Å². The molecule has 13 heavy (non-hydrogen) atoms. The van der Waals surface area contributed by atoms with Gasteiger partial charge in [0.15, 0.2) is 0 Å². The minimum atomic E-state index is -3.43. The molecule has 0 aliphatic heterocycles. The van der Waals surface area contributed by atoms with Gasteiger partial charge in [-0.2, -0.15) is 0 Å². The van der Waals surface area contributed by atoms with Crippen molar-refractivity contribution in [3.05, 3.63) is 0 Å². The third-order valence-electron chi connectivity index (χ3n) is 2.28. The average molecular weight is 224 g/mol. The highest BCUT2D eigenvalue weighted by atomic mass is 35.7. The van der Waals surface area contributed by atoms with Crippen molar-refractivity contribution < 1.29 is 13.2 Å². The summed E-state index contributed by atoms with van der Waals surface area (Å²) in [6.45, 7) is 0. The van der Waals surface area contributed by atoms with Gasteiger partial charge in [0.1, 0.15) is 0 Å². The first-order chi connectivity index (χ1) is 6.04. The third-order valence-corrected chi connectivity index (χ3v) is 4.30. The number of nitrogens with zero attached hydrogens (tertiary/aromatic N) is 1. The van der Waals surface area contributed by atoms with E-state index in [4.69, 9.17) is 10.7 Å². The Hall–Kier alpha value is -0.380. The summed E-state index contributed by atoms with van der Waals surface area (Å²) in [5.41, 5.74) is 0. The van der Waals surface area contributed by atoms with Crippen LogP contribution in [0.4, 0.5) is 0 Å². The molecule has 1 fully saturated rings. The van der Waals surface area contributed by atoms with Gasteiger partial charge in [0, 0.05) is 10.7 Å². The molecular weight excluding hydrogens is 214 g/mol. The fraction of sp³-hybridized carbons (Fsp3) is 0.857. The zero-order chi connectivity index (χ0) is 9.90. The molecule has 0 radical (unpaired) electrons. The average Bonchev–Trinajstić information content (AvgIpc) is 2.04. The van der Waals surface area contributed by atoms with Gasteiger partial charge in [0.25, 0.3) is 0 Å². The van der Waals surface area contributed by atoms with Gasteiger partial charge < -0.3 is 0 Å². The lowest BCUT2D eigenvalue weighted by atomic mass is 9.96. The molecule has 0 N–H and O–H groups in total. The Kier molecular flexibility index (Phi) is 3.47. The number of carbonyl (C=O) groups excluding carboxylic acids is 1. The Morgan fingerprint density at radius 2 is 1.77 bits per heavy atom. The van der Waals surface area contributed by atoms with Crippen molar-refractivity contribution in [3.8, 4) is 0 Å². The normalized spacial score (nSPS) is 29.3. The van der Waals surface area contributed by atoms with Gasteiger partial charge in [-0.15, -0.1) is 0 Å². The van der Waals surface area contributed by atoms with Crippen LogP contribution < -0.4 is 0 Å². The Morgan fingerprint density at radius 3 is 2.15 bits per heavy atom. The molecule has 6 heteroatoms. The summed E-state index contributed by atoms with van der Waals surface area (Å²) in [6.07, 6.45) is 3.67. The highest BCUT2D eigenvalue weighted by molar-refractivity contribution is 8.14. The molecule has 0 heterocycles. The van der Waals surface area contributed by atoms with Crippen molar-refractivity contribution in [3.63, 3.8) is 0 Å². The standard InChI is InChI=1S/C7H10ClNO3S/c8-13(11,12)7-3-1-6(2-4-7)9-5-10/h6-7H,1-4H2. The number of aliphatic imine (C=N–C) groups is 1. The first kappa shape index (κ1) is 10.7. The maximum absolute atomic E-state index is 10.9. The van der Waals surface area contributed by atoms with Crippen LogP contribution in [0.25, 0.3) is 0 Å². The summed E-state index contributed by atoms with van der Waals surface area (Å²) in [5.74, 6) is 0. The SMILES string of the molecule is O=C=NC1CCC(S(=O)(=O)Cl)CC1. The lowest BCUT2D eigenvalue weighted by Crippen LogP contribution is -2.25. The van der Waals surface area contributed by atoms with Gasteiger partial charge in [0.05, 0.1) is 11.3 Å². The molecule has 0 aromatic rings. The predicted molar refractivity (Wildman–Crippen MR) is 48.9 cm³/mol. The topological polar surface area (TPSA) is 63.6 Å². The smallest absolute Gasteiger partial charge is 0.212 e. The van der Waals surface area contributed by atoms with E-state index in [0.717, 1.165) is 0 Å². The molecule has 0 spiro atoms. The van der Waals surface area contributed by atoms with Crippen molar-refractivity contribution in [1.29, 1.82) is 0 Å². The second-order valence-corrected chi connectivity index (χ2v) is 6.03. The molecule has 0 amide bonds. The van der Waals surface area contributed by atoms with E-state index in [9.17, 15) is 13.2 Å². The molecule has 4 nitrogen and oxygen atoms in total. The number of hydrogen-bond acceptors (Lipinski definition) is 4. The Labute approximate surface area is 81.4 Å². The highest BCUT2D eigenvalue weighted by Crippen LogP contribution is 2.27. The molecule has 0 atom stereocenters. The van der Waals surface area contributed by atoms with Crippen LogP contribution in [-0.4, -0.2) is 25.8 Å². The molecule has 0 unspecified atom stereocenters. The minimum Gasteiger partial charge on any atom is -0.212 e. The number of hydrogen-bond donors (Lipinski definition) is 0. The summed E-state index contributed by atoms with van der Waals surface area (Å²) in [7, 11) is 1.77. The summed E-state index contributed by atoms with van der Waals surface area (Å²) >= 11 is 0. The van der Waals surface area contributed by atoms with Crippen molar-refractivity contribution >= 4 is 25.8 Å². The number of isocyanates is 1. The summed E-state index contributed by atoms with van der Waals surface area (Å²) < 4.78 is 21.8. The highest BCUT2D eigenvalue weighted by Gasteiger charge is 2.29. The summed E-state index contributed by atoms with van der Waals surface area (Å²) in [6, 6.07) is -0.0628. The van der Waals surface area contributed by atoms with E-state index in [1.165, 1.54) is 6.08 Å². The largest absolute Gasteiger partial charge is 0.235 e. The second-order valence-electron chi connectivity index (χ2n) is 3.13. The first-order valence-corrected chi connectivity index (χ1v) is 6.41. The van der Waals surface area contributed by atoms with Crippen LogP contribution in [0.2, 0.25) is 0 Å². The third kappa shape index (κ3) is 3.10. The van der Waals surface area contributed by atoms with E-state index >= 15 is 0 Å². The van der Waals surface area contributed by atoms with Crippen LogP contribution in [0.15, 0.2) is 4.99 Å². The van der Waals surface area contributed by atoms with Crippen LogP contribution in [0.3, 0.4) is 0 Å². The maximum Gasteiger partial charge on any atom is 0.235 e.